The number of ether oxygens (including phenoxy) is 1. The molecule has 28 heavy (non-hydrogen) atoms. The molecule has 1 N–H and O–H groups in total. The number of amides is 1. The molecule has 0 radical (unpaired) electrons. The maximum absolute atomic E-state index is 13.4. The van der Waals surface area contributed by atoms with Gasteiger partial charge in [-0.3, -0.25) is 9.59 Å². The molecule has 144 valence electrons. The number of benzene rings is 2. The highest BCUT2D eigenvalue weighted by atomic mass is 19.1. The average molecular weight is 383 g/mol. The van der Waals surface area contributed by atoms with E-state index in [4.69, 9.17) is 9.26 Å². The van der Waals surface area contributed by atoms with E-state index >= 15 is 0 Å². The van der Waals surface area contributed by atoms with Gasteiger partial charge in [-0.05, 0) is 55.0 Å². The first kappa shape index (κ1) is 19.2. The zero-order chi connectivity index (χ0) is 20.1. The lowest BCUT2D eigenvalue weighted by molar-refractivity contribution is -0.134. The molecule has 1 amide bonds. The predicted molar refractivity (Wildman–Crippen MR) is 99.1 cm³/mol. The minimum atomic E-state index is -0.454. The molecule has 0 fully saturated rings. The summed E-state index contributed by atoms with van der Waals surface area (Å²) in [5, 5.41) is 6.48. The normalized spacial score (nSPS) is 10.5. The van der Waals surface area contributed by atoms with Crippen LogP contribution in [-0.2, 0) is 16.0 Å². The fourth-order valence-electron chi connectivity index (χ4n) is 2.46. The minimum Gasteiger partial charge on any atom is -0.427 e. The van der Waals surface area contributed by atoms with E-state index in [2.05, 4.69) is 15.5 Å². The first-order valence-electron chi connectivity index (χ1n) is 8.58. The second kappa shape index (κ2) is 8.43. The molecule has 3 aromatic rings. The summed E-state index contributed by atoms with van der Waals surface area (Å²) < 4.78 is 23.7. The van der Waals surface area contributed by atoms with Gasteiger partial charge in [0, 0.05) is 24.6 Å². The van der Waals surface area contributed by atoms with Gasteiger partial charge in [-0.1, -0.05) is 5.16 Å². The topological polar surface area (TPSA) is 94.3 Å². The van der Waals surface area contributed by atoms with Gasteiger partial charge in [0.15, 0.2) is 0 Å². The summed E-state index contributed by atoms with van der Waals surface area (Å²) in [6.07, 6.45) is 0.271. The minimum absolute atomic E-state index is 0.0531. The van der Waals surface area contributed by atoms with Crippen molar-refractivity contribution in [2.75, 3.05) is 5.32 Å². The number of carbonyl (C=O) groups excluding carboxylic acids is 2. The number of nitrogens with zero attached hydrogens (tertiary/aromatic N) is 2. The largest absolute Gasteiger partial charge is 0.427 e. The van der Waals surface area contributed by atoms with Crippen molar-refractivity contribution >= 4 is 17.6 Å². The van der Waals surface area contributed by atoms with Crippen molar-refractivity contribution in [2.24, 2.45) is 0 Å². The van der Waals surface area contributed by atoms with Gasteiger partial charge in [0.05, 0.1) is 6.42 Å². The van der Waals surface area contributed by atoms with Gasteiger partial charge in [-0.15, -0.1) is 0 Å². The standard InChI is InChI=1S/C20H18FN3O4/c1-12-11-14(3-8-17(12)21)20-23-18(28-24-20)9-10-19(26)27-16-6-4-15(5-7-16)22-13(2)25/h3-8,11H,9-10H2,1-2H3,(H,22,25). The van der Waals surface area contributed by atoms with Crippen LogP contribution in [0.3, 0.4) is 0 Å². The van der Waals surface area contributed by atoms with Crippen molar-refractivity contribution < 1.29 is 23.2 Å². The molecule has 0 saturated carbocycles. The maximum atomic E-state index is 13.4. The van der Waals surface area contributed by atoms with E-state index in [1.807, 2.05) is 0 Å². The summed E-state index contributed by atoms with van der Waals surface area (Å²) in [5.41, 5.74) is 1.73. The second-order valence-corrected chi connectivity index (χ2v) is 6.16. The molecular weight excluding hydrogens is 365 g/mol. The summed E-state index contributed by atoms with van der Waals surface area (Å²) in [6.45, 7) is 3.06. The Hall–Kier alpha value is -3.55. The van der Waals surface area contributed by atoms with Crippen LogP contribution >= 0.6 is 0 Å². The Morgan fingerprint density at radius 2 is 1.93 bits per heavy atom. The third-order valence-corrected chi connectivity index (χ3v) is 3.83. The predicted octanol–water partition coefficient (Wildman–Crippen LogP) is 3.68. The van der Waals surface area contributed by atoms with Crippen molar-refractivity contribution in [3.8, 4) is 17.1 Å². The molecule has 1 aromatic heterocycles. The molecule has 0 unspecified atom stereocenters. The Labute approximate surface area is 160 Å². The summed E-state index contributed by atoms with van der Waals surface area (Å²) >= 11 is 0. The van der Waals surface area contributed by atoms with Crippen molar-refractivity contribution in [2.45, 2.75) is 26.7 Å². The van der Waals surface area contributed by atoms with Crippen LogP contribution in [0, 0.1) is 12.7 Å². The van der Waals surface area contributed by atoms with Gasteiger partial charge in [0.2, 0.25) is 17.6 Å². The molecule has 0 spiro atoms. The van der Waals surface area contributed by atoms with Crippen LogP contribution in [0.5, 0.6) is 5.75 Å². The molecule has 1 heterocycles. The van der Waals surface area contributed by atoms with Gasteiger partial charge < -0.3 is 14.6 Å². The summed E-state index contributed by atoms with van der Waals surface area (Å²) in [4.78, 5) is 27.2. The van der Waals surface area contributed by atoms with Gasteiger partial charge in [0.1, 0.15) is 11.6 Å². The number of esters is 1. The van der Waals surface area contributed by atoms with Crippen LogP contribution in [0.25, 0.3) is 11.4 Å². The van der Waals surface area contributed by atoms with Crippen molar-refractivity contribution in [1.29, 1.82) is 0 Å². The third kappa shape index (κ3) is 5.00. The fraction of sp³-hybridized carbons (Fsp3) is 0.200. The monoisotopic (exact) mass is 383 g/mol. The van der Waals surface area contributed by atoms with Crippen LogP contribution in [-0.4, -0.2) is 22.0 Å². The quantitative estimate of drug-likeness (QED) is 0.515. The zero-order valence-electron chi connectivity index (χ0n) is 15.4. The number of rotatable bonds is 6. The smallest absolute Gasteiger partial charge is 0.311 e. The first-order valence-corrected chi connectivity index (χ1v) is 8.58. The fourth-order valence-corrected chi connectivity index (χ4v) is 2.46. The number of carbonyl (C=O) groups is 2. The summed E-state index contributed by atoms with van der Waals surface area (Å²) in [5.74, 6) is 0.0477. The number of anilines is 1. The Bertz CT molecular complexity index is 999. The van der Waals surface area contributed by atoms with E-state index in [9.17, 15) is 14.0 Å². The van der Waals surface area contributed by atoms with E-state index < -0.39 is 5.97 Å². The number of nitrogens with one attached hydrogen (secondary N) is 1. The summed E-state index contributed by atoms with van der Waals surface area (Å²) in [6, 6.07) is 11.0. The second-order valence-electron chi connectivity index (χ2n) is 6.16. The number of aryl methyl sites for hydroxylation is 2. The average Bonchev–Trinajstić information content (AvgIpc) is 3.12. The van der Waals surface area contributed by atoms with E-state index in [0.29, 0.717) is 28.4 Å². The van der Waals surface area contributed by atoms with Crippen LogP contribution in [0.4, 0.5) is 10.1 Å². The van der Waals surface area contributed by atoms with Crippen LogP contribution in [0.2, 0.25) is 0 Å². The lowest BCUT2D eigenvalue weighted by Crippen LogP contribution is -2.09. The van der Waals surface area contributed by atoms with E-state index in [0.717, 1.165) is 0 Å². The van der Waals surface area contributed by atoms with E-state index in [1.54, 1.807) is 43.3 Å². The molecule has 3 rings (SSSR count). The van der Waals surface area contributed by atoms with Crippen molar-refractivity contribution in [3.05, 3.63) is 59.7 Å². The van der Waals surface area contributed by atoms with Gasteiger partial charge in [-0.2, -0.15) is 4.98 Å². The molecule has 0 bridgehead atoms. The molecular formula is C20H18FN3O4. The number of hydrogen-bond donors (Lipinski definition) is 1. The third-order valence-electron chi connectivity index (χ3n) is 3.83. The van der Waals surface area contributed by atoms with Crippen molar-refractivity contribution in [1.82, 2.24) is 10.1 Å². The molecule has 0 atom stereocenters. The molecule has 0 saturated heterocycles. The van der Waals surface area contributed by atoms with E-state index in [1.165, 1.54) is 13.0 Å². The van der Waals surface area contributed by atoms with Gasteiger partial charge in [0.25, 0.3) is 0 Å². The van der Waals surface area contributed by atoms with E-state index in [-0.39, 0.29) is 30.5 Å². The highest BCUT2D eigenvalue weighted by Gasteiger charge is 2.13. The zero-order valence-corrected chi connectivity index (χ0v) is 15.4. The number of hydrogen-bond acceptors (Lipinski definition) is 6. The van der Waals surface area contributed by atoms with Gasteiger partial charge in [-0.25, -0.2) is 4.39 Å². The molecule has 0 aliphatic heterocycles. The van der Waals surface area contributed by atoms with Crippen LogP contribution < -0.4 is 10.1 Å². The molecule has 0 aliphatic rings. The number of aromatic nitrogens is 2. The maximum Gasteiger partial charge on any atom is 0.311 e. The highest BCUT2D eigenvalue weighted by molar-refractivity contribution is 5.88. The molecule has 2 aromatic carbocycles. The Morgan fingerprint density at radius 1 is 1.18 bits per heavy atom. The molecule has 7 nitrogen and oxygen atoms in total. The summed E-state index contributed by atoms with van der Waals surface area (Å²) in [7, 11) is 0. The molecule has 8 heteroatoms. The molecule has 0 aliphatic carbocycles. The Balaban J connectivity index is 1.54. The van der Waals surface area contributed by atoms with Gasteiger partial charge >= 0.3 is 5.97 Å². The Morgan fingerprint density at radius 3 is 2.61 bits per heavy atom. The first-order chi connectivity index (χ1) is 13.4. The lowest BCUT2D eigenvalue weighted by atomic mass is 10.1. The number of halogens is 1. The highest BCUT2D eigenvalue weighted by Crippen LogP contribution is 2.20. The Kier molecular flexibility index (Phi) is 5.78. The SMILES string of the molecule is CC(=O)Nc1ccc(OC(=O)CCc2nc(-c3ccc(F)c(C)c3)no2)cc1. The lowest BCUT2D eigenvalue weighted by Gasteiger charge is -2.05. The van der Waals surface area contributed by atoms with Crippen molar-refractivity contribution in [3.63, 3.8) is 0 Å². The van der Waals surface area contributed by atoms with Crippen LogP contribution in [0.15, 0.2) is 47.0 Å². The van der Waals surface area contributed by atoms with Crippen LogP contribution in [0.1, 0.15) is 24.8 Å².